The van der Waals surface area contributed by atoms with Crippen LogP contribution in [-0.2, 0) is 0 Å². The van der Waals surface area contributed by atoms with Crippen molar-refractivity contribution < 1.29 is 0 Å². The Morgan fingerprint density at radius 1 is 0.395 bits per heavy atom. The van der Waals surface area contributed by atoms with E-state index in [9.17, 15) is 0 Å². The van der Waals surface area contributed by atoms with Gasteiger partial charge in [0.05, 0.1) is 16.7 Å². The molecule has 0 amide bonds. The predicted octanol–water partition coefficient (Wildman–Crippen LogP) is 10.5. The molecule has 0 aliphatic heterocycles. The van der Waals surface area contributed by atoms with Crippen molar-refractivity contribution in [2.24, 2.45) is 0 Å². The van der Waals surface area contributed by atoms with Crippen LogP contribution in [-0.4, -0.2) is 4.57 Å². The molecular formula is C36H23NS. The molecule has 0 bridgehead atoms. The third-order valence-corrected chi connectivity index (χ3v) is 8.74. The topological polar surface area (TPSA) is 4.93 Å². The van der Waals surface area contributed by atoms with E-state index in [1.54, 1.807) is 0 Å². The Balaban J connectivity index is 1.49. The van der Waals surface area contributed by atoms with Crippen molar-refractivity contribution in [3.63, 3.8) is 0 Å². The van der Waals surface area contributed by atoms with Gasteiger partial charge in [-0.25, -0.2) is 0 Å². The number of benzene rings is 6. The summed E-state index contributed by atoms with van der Waals surface area (Å²) in [6.45, 7) is 0. The van der Waals surface area contributed by atoms with E-state index in [1.165, 1.54) is 69.9 Å². The van der Waals surface area contributed by atoms with Crippen molar-refractivity contribution in [1.82, 2.24) is 4.57 Å². The number of hydrogen-bond donors (Lipinski definition) is 0. The highest BCUT2D eigenvalue weighted by atomic mass is 32.1. The van der Waals surface area contributed by atoms with E-state index in [4.69, 9.17) is 0 Å². The number of fused-ring (bicyclic) bond motifs is 6. The molecule has 0 unspecified atom stereocenters. The Morgan fingerprint density at radius 3 is 1.58 bits per heavy atom. The van der Waals surface area contributed by atoms with E-state index in [1.807, 2.05) is 11.3 Å². The van der Waals surface area contributed by atoms with Crippen molar-refractivity contribution in [3.8, 4) is 27.9 Å². The molecule has 38 heavy (non-hydrogen) atoms. The largest absolute Gasteiger partial charge is 0.309 e. The van der Waals surface area contributed by atoms with E-state index in [0.717, 1.165) is 0 Å². The normalized spacial score (nSPS) is 11.7. The molecule has 0 radical (unpaired) electrons. The molecule has 2 heterocycles. The molecule has 2 aromatic heterocycles. The summed E-state index contributed by atoms with van der Waals surface area (Å²) in [5.41, 5.74) is 8.64. The summed E-state index contributed by atoms with van der Waals surface area (Å²) in [6.07, 6.45) is 0. The lowest BCUT2D eigenvalue weighted by atomic mass is 10.0. The van der Waals surface area contributed by atoms with Crippen LogP contribution in [0.1, 0.15) is 0 Å². The van der Waals surface area contributed by atoms with Gasteiger partial charge >= 0.3 is 0 Å². The van der Waals surface area contributed by atoms with Gasteiger partial charge in [0.15, 0.2) is 0 Å². The van der Waals surface area contributed by atoms with Crippen LogP contribution in [0.5, 0.6) is 0 Å². The standard InChI is InChI=1S/C36H23NS/c1-3-10-24(11-4-1)26-18-20-31-29(22-26)30-23-27(25-12-5-2-6-13-25)19-21-32(30)37(31)33-15-9-17-35-36(33)28-14-7-8-16-34(28)38-35/h1-23H. The summed E-state index contributed by atoms with van der Waals surface area (Å²) in [5.74, 6) is 0. The van der Waals surface area contributed by atoms with E-state index in [2.05, 4.69) is 144 Å². The van der Waals surface area contributed by atoms with Crippen LogP contribution in [0.15, 0.2) is 140 Å². The zero-order valence-corrected chi connectivity index (χ0v) is 21.5. The van der Waals surface area contributed by atoms with Gasteiger partial charge in [0, 0.05) is 30.9 Å². The van der Waals surface area contributed by atoms with Crippen LogP contribution in [0.4, 0.5) is 0 Å². The van der Waals surface area contributed by atoms with Crippen LogP contribution >= 0.6 is 11.3 Å². The fourth-order valence-corrected chi connectivity index (χ4v) is 6.97. The second-order valence-corrected chi connectivity index (χ2v) is 10.9. The summed E-state index contributed by atoms with van der Waals surface area (Å²) in [4.78, 5) is 0. The van der Waals surface area contributed by atoms with Gasteiger partial charge in [-0.2, -0.15) is 0 Å². The number of nitrogens with zero attached hydrogens (tertiary/aromatic N) is 1. The van der Waals surface area contributed by atoms with Crippen LogP contribution in [0.2, 0.25) is 0 Å². The molecule has 2 heteroatoms. The van der Waals surface area contributed by atoms with Crippen molar-refractivity contribution in [2.75, 3.05) is 0 Å². The zero-order chi connectivity index (χ0) is 25.1. The first-order chi connectivity index (χ1) is 18.8. The average Bonchev–Trinajstić information content (AvgIpc) is 3.53. The monoisotopic (exact) mass is 501 g/mol. The minimum atomic E-state index is 1.23. The number of hydrogen-bond acceptors (Lipinski definition) is 1. The highest BCUT2D eigenvalue weighted by Crippen LogP contribution is 2.42. The molecular weight excluding hydrogens is 478 g/mol. The molecule has 0 aliphatic rings. The predicted molar refractivity (Wildman–Crippen MR) is 165 cm³/mol. The summed E-state index contributed by atoms with van der Waals surface area (Å²) >= 11 is 1.87. The lowest BCUT2D eigenvalue weighted by Gasteiger charge is -2.11. The molecule has 0 spiro atoms. The van der Waals surface area contributed by atoms with Gasteiger partial charge in [-0.05, 0) is 64.7 Å². The van der Waals surface area contributed by atoms with Gasteiger partial charge in [0.2, 0.25) is 0 Å². The number of rotatable bonds is 3. The molecule has 8 rings (SSSR count). The lowest BCUT2D eigenvalue weighted by molar-refractivity contribution is 1.20. The first-order valence-electron chi connectivity index (χ1n) is 12.9. The minimum Gasteiger partial charge on any atom is -0.309 e. The molecule has 6 aromatic carbocycles. The maximum atomic E-state index is 2.47. The number of thiophene rings is 1. The lowest BCUT2D eigenvalue weighted by Crippen LogP contribution is -1.94. The molecule has 1 nitrogen and oxygen atoms in total. The van der Waals surface area contributed by atoms with Crippen molar-refractivity contribution in [2.45, 2.75) is 0 Å². The molecule has 0 N–H and O–H groups in total. The molecule has 8 aromatic rings. The third-order valence-electron chi connectivity index (χ3n) is 7.60. The minimum absolute atomic E-state index is 1.23. The van der Waals surface area contributed by atoms with Crippen molar-refractivity contribution in [1.29, 1.82) is 0 Å². The zero-order valence-electron chi connectivity index (χ0n) is 20.6. The molecule has 178 valence electrons. The summed E-state index contributed by atoms with van der Waals surface area (Å²) in [5, 5.41) is 5.19. The summed E-state index contributed by atoms with van der Waals surface area (Å²) in [7, 11) is 0. The average molecular weight is 502 g/mol. The molecule has 0 saturated carbocycles. The van der Waals surface area contributed by atoms with Gasteiger partial charge in [-0.3, -0.25) is 0 Å². The van der Waals surface area contributed by atoms with Crippen LogP contribution < -0.4 is 0 Å². The highest BCUT2D eigenvalue weighted by Gasteiger charge is 2.18. The smallest absolute Gasteiger partial charge is 0.0555 e. The van der Waals surface area contributed by atoms with Crippen LogP contribution in [0.3, 0.4) is 0 Å². The molecule has 0 saturated heterocycles. The highest BCUT2D eigenvalue weighted by molar-refractivity contribution is 7.25. The Labute approximate surface area is 224 Å². The first kappa shape index (κ1) is 21.4. The second-order valence-electron chi connectivity index (χ2n) is 9.78. The van der Waals surface area contributed by atoms with E-state index < -0.39 is 0 Å². The van der Waals surface area contributed by atoms with E-state index in [0.29, 0.717) is 0 Å². The molecule has 0 aliphatic carbocycles. The second kappa shape index (κ2) is 8.44. The Hall–Kier alpha value is -4.66. The van der Waals surface area contributed by atoms with Gasteiger partial charge in [0.25, 0.3) is 0 Å². The Bertz CT molecular complexity index is 2020. The molecule has 0 fully saturated rings. The maximum absolute atomic E-state index is 2.47. The SMILES string of the molecule is c1ccc(-c2ccc3c(c2)c2cc(-c4ccccc4)ccc2n3-c2cccc3sc4ccccc4c23)cc1. The third kappa shape index (κ3) is 3.24. The first-order valence-corrected chi connectivity index (χ1v) is 13.8. The van der Waals surface area contributed by atoms with Crippen LogP contribution in [0.25, 0.3) is 69.9 Å². The van der Waals surface area contributed by atoms with Gasteiger partial charge in [-0.1, -0.05) is 97.1 Å². The Morgan fingerprint density at radius 2 is 0.947 bits per heavy atom. The van der Waals surface area contributed by atoms with Crippen molar-refractivity contribution in [3.05, 3.63) is 140 Å². The van der Waals surface area contributed by atoms with E-state index >= 15 is 0 Å². The maximum Gasteiger partial charge on any atom is 0.0555 e. The van der Waals surface area contributed by atoms with Gasteiger partial charge in [-0.15, -0.1) is 11.3 Å². The molecule has 0 atom stereocenters. The summed E-state index contributed by atoms with van der Waals surface area (Å²) in [6, 6.07) is 50.7. The van der Waals surface area contributed by atoms with Crippen molar-refractivity contribution >= 4 is 53.3 Å². The van der Waals surface area contributed by atoms with Gasteiger partial charge in [0.1, 0.15) is 0 Å². The fourth-order valence-electron chi connectivity index (χ4n) is 5.85. The number of aromatic nitrogens is 1. The van der Waals surface area contributed by atoms with E-state index in [-0.39, 0.29) is 0 Å². The quantitative estimate of drug-likeness (QED) is 0.227. The fraction of sp³-hybridized carbons (Fsp3) is 0. The Kier molecular flexibility index (Phi) is 4.76. The van der Waals surface area contributed by atoms with Crippen LogP contribution in [0, 0.1) is 0 Å². The summed E-state index contributed by atoms with van der Waals surface area (Å²) < 4.78 is 5.12. The van der Waals surface area contributed by atoms with Gasteiger partial charge < -0.3 is 4.57 Å².